The van der Waals surface area contributed by atoms with E-state index in [1.165, 1.54) is 26.0 Å². The lowest BCUT2D eigenvalue weighted by molar-refractivity contribution is -0.134. The molecular weight excluding hydrogens is 252 g/mol. The van der Waals surface area contributed by atoms with Crippen molar-refractivity contribution in [3.8, 4) is 11.5 Å². The van der Waals surface area contributed by atoms with Gasteiger partial charge in [0.2, 0.25) is 0 Å². The van der Waals surface area contributed by atoms with Gasteiger partial charge in [-0.15, -0.1) is 0 Å². The number of rotatable bonds is 4. The standard InChI is InChI=1S/C12H14N2O5/c1-7(15)18-10-4-3-9(6-14-12(13)17)5-11(10)19-8(2)16/h3-5H,6H2,1-2H3,(H3,13,14,17). The summed E-state index contributed by atoms with van der Waals surface area (Å²) in [4.78, 5) is 32.5. The van der Waals surface area contributed by atoms with Gasteiger partial charge in [0.1, 0.15) is 0 Å². The lowest BCUT2D eigenvalue weighted by Crippen LogP contribution is -2.28. The molecule has 0 saturated heterocycles. The van der Waals surface area contributed by atoms with Crippen molar-refractivity contribution in [1.82, 2.24) is 5.32 Å². The Morgan fingerprint density at radius 2 is 1.68 bits per heavy atom. The summed E-state index contributed by atoms with van der Waals surface area (Å²) in [5.41, 5.74) is 5.59. The fraction of sp³-hybridized carbons (Fsp3) is 0.250. The van der Waals surface area contributed by atoms with Crippen molar-refractivity contribution in [1.29, 1.82) is 0 Å². The summed E-state index contributed by atoms with van der Waals surface area (Å²) < 4.78 is 9.83. The van der Waals surface area contributed by atoms with Crippen LogP contribution in [0.3, 0.4) is 0 Å². The highest BCUT2D eigenvalue weighted by Crippen LogP contribution is 2.28. The quantitative estimate of drug-likeness (QED) is 0.616. The molecule has 0 fully saturated rings. The lowest BCUT2D eigenvalue weighted by atomic mass is 10.2. The number of esters is 2. The van der Waals surface area contributed by atoms with Crippen molar-refractivity contribution in [2.24, 2.45) is 5.73 Å². The molecule has 2 amide bonds. The Morgan fingerprint density at radius 3 is 2.21 bits per heavy atom. The molecule has 0 unspecified atom stereocenters. The molecule has 0 saturated carbocycles. The van der Waals surface area contributed by atoms with E-state index >= 15 is 0 Å². The van der Waals surface area contributed by atoms with Crippen molar-refractivity contribution in [3.05, 3.63) is 23.8 Å². The van der Waals surface area contributed by atoms with E-state index < -0.39 is 18.0 Å². The average Bonchev–Trinajstić information content (AvgIpc) is 2.28. The number of hydrogen-bond acceptors (Lipinski definition) is 5. The van der Waals surface area contributed by atoms with Crippen LogP contribution in [-0.2, 0) is 16.1 Å². The fourth-order valence-corrected chi connectivity index (χ4v) is 1.33. The molecule has 7 nitrogen and oxygen atoms in total. The molecule has 0 bridgehead atoms. The minimum atomic E-state index is -0.668. The summed E-state index contributed by atoms with van der Waals surface area (Å²) in [5, 5.41) is 2.39. The van der Waals surface area contributed by atoms with Crippen LogP contribution in [0.4, 0.5) is 4.79 Å². The number of urea groups is 1. The van der Waals surface area contributed by atoms with Gasteiger partial charge in [-0.1, -0.05) is 6.07 Å². The van der Waals surface area contributed by atoms with Gasteiger partial charge in [-0.25, -0.2) is 4.79 Å². The van der Waals surface area contributed by atoms with E-state index in [0.717, 1.165) is 0 Å². The van der Waals surface area contributed by atoms with Crippen molar-refractivity contribution in [2.45, 2.75) is 20.4 Å². The molecule has 0 heterocycles. The van der Waals surface area contributed by atoms with Gasteiger partial charge in [-0.2, -0.15) is 0 Å². The van der Waals surface area contributed by atoms with E-state index in [0.29, 0.717) is 5.56 Å². The zero-order valence-corrected chi connectivity index (χ0v) is 10.6. The molecule has 19 heavy (non-hydrogen) atoms. The maximum atomic E-state index is 11.0. The van der Waals surface area contributed by atoms with E-state index in [4.69, 9.17) is 15.2 Å². The van der Waals surface area contributed by atoms with Crippen molar-refractivity contribution >= 4 is 18.0 Å². The number of amides is 2. The van der Waals surface area contributed by atoms with Gasteiger partial charge in [-0.3, -0.25) is 9.59 Å². The van der Waals surface area contributed by atoms with E-state index in [-0.39, 0.29) is 18.0 Å². The molecule has 1 aromatic rings. The number of nitrogens with two attached hydrogens (primary N) is 1. The van der Waals surface area contributed by atoms with Crippen LogP contribution in [0.15, 0.2) is 18.2 Å². The highest BCUT2D eigenvalue weighted by molar-refractivity contribution is 5.74. The Labute approximate surface area is 109 Å². The number of ether oxygens (including phenoxy) is 2. The first-order valence-corrected chi connectivity index (χ1v) is 5.41. The molecule has 0 radical (unpaired) electrons. The van der Waals surface area contributed by atoms with Crippen LogP contribution in [0.5, 0.6) is 11.5 Å². The topological polar surface area (TPSA) is 108 Å². The summed E-state index contributed by atoms with van der Waals surface area (Å²) in [7, 11) is 0. The Kier molecular flexibility index (Phi) is 4.87. The second kappa shape index (κ2) is 6.39. The summed E-state index contributed by atoms with van der Waals surface area (Å²) in [6.07, 6.45) is 0. The summed E-state index contributed by atoms with van der Waals surface area (Å²) in [6.45, 7) is 2.63. The molecule has 1 rings (SSSR count). The predicted octanol–water partition coefficient (Wildman–Crippen LogP) is 0.706. The van der Waals surface area contributed by atoms with E-state index in [1.54, 1.807) is 6.07 Å². The van der Waals surface area contributed by atoms with E-state index in [1.807, 2.05) is 0 Å². The maximum absolute atomic E-state index is 11.0. The fourth-order valence-electron chi connectivity index (χ4n) is 1.33. The van der Waals surface area contributed by atoms with Gasteiger partial charge in [0.05, 0.1) is 0 Å². The smallest absolute Gasteiger partial charge is 0.312 e. The van der Waals surface area contributed by atoms with E-state index in [9.17, 15) is 14.4 Å². The molecule has 0 atom stereocenters. The maximum Gasteiger partial charge on any atom is 0.312 e. The molecule has 0 aliphatic rings. The second-order valence-corrected chi connectivity index (χ2v) is 3.69. The molecular formula is C12H14N2O5. The second-order valence-electron chi connectivity index (χ2n) is 3.69. The Morgan fingerprint density at radius 1 is 1.11 bits per heavy atom. The van der Waals surface area contributed by atoms with Gasteiger partial charge in [0.25, 0.3) is 0 Å². The zero-order valence-electron chi connectivity index (χ0n) is 10.6. The minimum absolute atomic E-state index is 0.103. The number of carbonyl (C=O) groups excluding carboxylic acids is 3. The van der Waals surface area contributed by atoms with Gasteiger partial charge in [0, 0.05) is 20.4 Å². The number of hydrogen-bond donors (Lipinski definition) is 2. The minimum Gasteiger partial charge on any atom is -0.423 e. The van der Waals surface area contributed by atoms with Gasteiger partial charge in [0.15, 0.2) is 11.5 Å². The van der Waals surface area contributed by atoms with Crippen LogP contribution in [0.2, 0.25) is 0 Å². The average molecular weight is 266 g/mol. The highest BCUT2D eigenvalue weighted by atomic mass is 16.6. The van der Waals surface area contributed by atoms with Crippen LogP contribution < -0.4 is 20.5 Å². The monoisotopic (exact) mass is 266 g/mol. The number of primary amides is 1. The van der Waals surface area contributed by atoms with Crippen molar-refractivity contribution in [2.75, 3.05) is 0 Å². The van der Waals surface area contributed by atoms with Gasteiger partial charge in [-0.05, 0) is 17.7 Å². The normalized spacial score (nSPS) is 9.58. The lowest BCUT2D eigenvalue weighted by Gasteiger charge is -2.10. The number of carbonyl (C=O) groups is 3. The molecule has 3 N–H and O–H groups in total. The predicted molar refractivity (Wildman–Crippen MR) is 65.5 cm³/mol. The third kappa shape index (κ3) is 5.07. The van der Waals surface area contributed by atoms with Crippen LogP contribution in [0.1, 0.15) is 19.4 Å². The molecule has 0 spiro atoms. The molecule has 7 heteroatoms. The van der Waals surface area contributed by atoms with E-state index in [2.05, 4.69) is 5.32 Å². The summed E-state index contributed by atoms with van der Waals surface area (Å²) >= 11 is 0. The highest BCUT2D eigenvalue weighted by Gasteiger charge is 2.11. The summed E-state index contributed by atoms with van der Waals surface area (Å²) in [5.74, 6) is -0.846. The molecule has 0 aromatic heterocycles. The first kappa shape index (κ1) is 14.5. The number of benzene rings is 1. The van der Waals surface area contributed by atoms with Crippen LogP contribution in [-0.4, -0.2) is 18.0 Å². The van der Waals surface area contributed by atoms with Crippen molar-refractivity contribution < 1.29 is 23.9 Å². The molecule has 1 aromatic carbocycles. The number of nitrogens with one attached hydrogen (secondary N) is 1. The SMILES string of the molecule is CC(=O)Oc1ccc(CNC(N)=O)cc1OC(C)=O. The first-order chi connectivity index (χ1) is 8.88. The van der Waals surface area contributed by atoms with Gasteiger partial charge < -0.3 is 20.5 Å². The third-order valence-electron chi connectivity index (χ3n) is 1.98. The zero-order chi connectivity index (χ0) is 14.4. The van der Waals surface area contributed by atoms with Crippen LogP contribution >= 0.6 is 0 Å². The molecule has 0 aliphatic carbocycles. The summed E-state index contributed by atoms with van der Waals surface area (Å²) in [6, 6.07) is 3.90. The third-order valence-corrected chi connectivity index (χ3v) is 1.98. The first-order valence-electron chi connectivity index (χ1n) is 5.41. The van der Waals surface area contributed by atoms with Crippen LogP contribution in [0.25, 0.3) is 0 Å². The van der Waals surface area contributed by atoms with Gasteiger partial charge >= 0.3 is 18.0 Å². The Hall–Kier alpha value is -2.57. The Balaban J connectivity index is 2.96. The van der Waals surface area contributed by atoms with Crippen molar-refractivity contribution in [3.63, 3.8) is 0 Å². The molecule has 102 valence electrons. The Bertz CT molecular complexity index is 513. The molecule has 0 aliphatic heterocycles. The van der Waals surface area contributed by atoms with Crippen LogP contribution in [0, 0.1) is 0 Å². The largest absolute Gasteiger partial charge is 0.423 e.